The third-order valence-corrected chi connectivity index (χ3v) is 4.28. The van der Waals surface area contributed by atoms with Crippen LogP contribution in [0.25, 0.3) is 0 Å². The maximum Gasteiger partial charge on any atom is 0.109 e. The molecule has 1 fully saturated rings. The van der Waals surface area contributed by atoms with Gasteiger partial charge in [-0.3, -0.25) is 4.90 Å². The van der Waals surface area contributed by atoms with Gasteiger partial charge in [0.1, 0.15) is 5.01 Å². The molecule has 1 aliphatic heterocycles. The molecule has 1 saturated heterocycles. The van der Waals surface area contributed by atoms with Gasteiger partial charge < -0.3 is 5.73 Å². The highest BCUT2D eigenvalue weighted by molar-refractivity contribution is 7.09. The first kappa shape index (κ1) is 11.0. The molecule has 2 N–H and O–H groups in total. The second-order valence-electron chi connectivity index (χ2n) is 4.26. The van der Waals surface area contributed by atoms with E-state index in [-0.39, 0.29) is 0 Å². The normalized spacial score (nSPS) is 21.7. The Morgan fingerprint density at radius 2 is 2.33 bits per heavy atom. The molecular weight excluding hydrogens is 206 g/mol. The molecule has 1 aliphatic rings. The Bertz CT molecular complexity index is 278. The van der Waals surface area contributed by atoms with Crippen molar-refractivity contribution in [3.63, 3.8) is 0 Å². The van der Waals surface area contributed by atoms with Gasteiger partial charge in [-0.15, -0.1) is 11.3 Å². The first-order chi connectivity index (χ1) is 7.31. The zero-order valence-corrected chi connectivity index (χ0v) is 10.0. The maximum absolute atomic E-state index is 5.69. The van der Waals surface area contributed by atoms with Crippen molar-refractivity contribution in [2.45, 2.75) is 25.8 Å². The van der Waals surface area contributed by atoms with E-state index in [2.05, 4.69) is 22.2 Å². The fraction of sp³-hybridized carbons (Fsp3) is 0.727. The SMILES string of the molecule is C[C@H](c1nccs1)N1CCC(CN)CC1. The van der Waals surface area contributed by atoms with Crippen molar-refractivity contribution in [2.24, 2.45) is 11.7 Å². The van der Waals surface area contributed by atoms with Crippen LogP contribution in [0.4, 0.5) is 0 Å². The molecule has 0 unspecified atom stereocenters. The van der Waals surface area contributed by atoms with Gasteiger partial charge in [-0.1, -0.05) is 0 Å². The van der Waals surface area contributed by atoms with Crippen LogP contribution in [0.1, 0.15) is 30.8 Å². The summed E-state index contributed by atoms with van der Waals surface area (Å²) in [5.74, 6) is 0.741. The summed E-state index contributed by atoms with van der Waals surface area (Å²) in [6.07, 6.45) is 4.38. The largest absolute Gasteiger partial charge is 0.330 e. The van der Waals surface area contributed by atoms with E-state index in [1.807, 2.05) is 6.20 Å². The van der Waals surface area contributed by atoms with Crippen LogP contribution in [0.3, 0.4) is 0 Å². The third kappa shape index (κ3) is 2.56. The molecule has 0 radical (unpaired) electrons. The van der Waals surface area contributed by atoms with Gasteiger partial charge in [0.05, 0.1) is 6.04 Å². The number of likely N-dealkylation sites (tertiary alicyclic amines) is 1. The molecule has 1 aromatic heterocycles. The number of hydrogen-bond donors (Lipinski definition) is 1. The number of piperidine rings is 1. The molecular formula is C11H19N3S. The lowest BCUT2D eigenvalue weighted by atomic mass is 9.96. The number of rotatable bonds is 3. The molecule has 0 saturated carbocycles. The van der Waals surface area contributed by atoms with E-state index in [1.165, 1.54) is 30.9 Å². The molecule has 0 bridgehead atoms. The van der Waals surface area contributed by atoms with Gasteiger partial charge in [-0.2, -0.15) is 0 Å². The Hall–Kier alpha value is -0.450. The number of hydrogen-bond acceptors (Lipinski definition) is 4. The van der Waals surface area contributed by atoms with Gasteiger partial charge in [-0.05, 0) is 45.3 Å². The molecule has 0 spiro atoms. The fourth-order valence-electron chi connectivity index (χ4n) is 2.17. The number of nitrogens with two attached hydrogens (primary N) is 1. The second-order valence-corrected chi connectivity index (χ2v) is 5.19. The summed E-state index contributed by atoms with van der Waals surface area (Å²) in [7, 11) is 0. The Morgan fingerprint density at radius 1 is 1.60 bits per heavy atom. The van der Waals surface area contributed by atoms with E-state index in [1.54, 1.807) is 11.3 Å². The van der Waals surface area contributed by atoms with Crippen molar-refractivity contribution in [3.8, 4) is 0 Å². The van der Waals surface area contributed by atoms with Crippen molar-refractivity contribution >= 4 is 11.3 Å². The molecule has 0 amide bonds. The topological polar surface area (TPSA) is 42.2 Å². The van der Waals surface area contributed by atoms with E-state index >= 15 is 0 Å². The summed E-state index contributed by atoms with van der Waals surface area (Å²) < 4.78 is 0. The van der Waals surface area contributed by atoms with Crippen LogP contribution >= 0.6 is 11.3 Å². The summed E-state index contributed by atoms with van der Waals surface area (Å²) in [5.41, 5.74) is 5.69. The predicted octanol–water partition coefficient (Wildman–Crippen LogP) is 1.87. The van der Waals surface area contributed by atoms with Crippen molar-refractivity contribution < 1.29 is 0 Å². The van der Waals surface area contributed by atoms with Crippen LogP contribution in [0, 0.1) is 5.92 Å². The summed E-state index contributed by atoms with van der Waals surface area (Å²) >= 11 is 1.75. The zero-order valence-electron chi connectivity index (χ0n) is 9.22. The van der Waals surface area contributed by atoms with Gasteiger partial charge in [0.15, 0.2) is 0 Å². The molecule has 2 rings (SSSR count). The van der Waals surface area contributed by atoms with Gasteiger partial charge in [-0.25, -0.2) is 4.98 Å². The van der Waals surface area contributed by atoms with Crippen LogP contribution < -0.4 is 5.73 Å². The average molecular weight is 225 g/mol. The van der Waals surface area contributed by atoms with Gasteiger partial charge in [0.25, 0.3) is 0 Å². The van der Waals surface area contributed by atoms with Crippen molar-refractivity contribution in [2.75, 3.05) is 19.6 Å². The highest BCUT2D eigenvalue weighted by Crippen LogP contribution is 2.26. The van der Waals surface area contributed by atoms with Crippen LogP contribution in [0.15, 0.2) is 11.6 Å². The van der Waals surface area contributed by atoms with E-state index in [9.17, 15) is 0 Å². The van der Waals surface area contributed by atoms with Gasteiger partial charge in [0, 0.05) is 11.6 Å². The van der Waals surface area contributed by atoms with Crippen LogP contribution in [0.2, 0.25) is 0 Å². The minimum absolute atomic E-state index is 0.476. The Balaban J connectivity index is 1.90. The van der Waals surface area contributed by atoms with E-state index in [0.29, 0.717) is 6.04 Å². The third-order valence-electron chi connectivity index (χ3n) is 3.34. The Labute approximate surface area is 95.3 Å². The zero-order chi connectivity index (χ0) is 10.7. The summed E-state index contributed by atoms with van der Waals surface area (Å²) in [6, 6.07) is 0.476. The van der Waals surface area contributed by atoms with Gasteiger partial charge >= 0.3 is 0 Å². The van der Waals surface area contributed by atoms with Crippen LogP contribution in [-0.2, 0) is 0 Å². The highest BCUT2D eigenvalue weighted by Gasteiger charge is 2.23. The molecule has 0 aliphatic carbocycles. The van der Waals surface area contributed by atoms with Gasteiger partial charge in [0.2, 0.25) is 0 Å². The molecule has 4 heteroatoms. The molecule has 84 valence electrons. The quantitative estimate of drug-likeness (QED) is 0.854. The lowest BCUT2D eigenvalue weighted by Crippen LogP contribution is -2.37. The van der Waals surface area contributed by atoms with Crippen molar-refractivity contribution in [1.29, 1.82) is 0 Å². The standard InChI is InChI=1S/C11H19N3S/c1-9(11-13-4-7-15-11)14-5-2-10(8-12)3-6-14/h4,7,9-10H,2-3,5-6,8,12H2,1H3/t9-/m1/s1. The molecule has 15 heavy (non-hydrogen) atoms. The predicted molar refractivity (Wildman–Crippen MR) is 63.9 cm³/mol. The second kappa shape index (κ2) is 5.05. The first-order valence-corrected chi connectivity index (χ1v) is 6.52. The summed E-state index contributed by atoms with van der Waals surface area (Å²) in [6.45, 7) is 5.44. The molecule has 3 nitrogen and oxygen atoms in total. The molecule has 1 atom stereocenters. The highest BCUT2D eigenvalue weighted by atomic mass is 32.1. The minimum atomic E-state index is 0.476. The van der Waals surface area contributed by atoms with E-state index in [0.717, 1.165) is 12.5 Å². The lowest BCUT2D eigenvalue weighted by molar-refractivity contribution is 0.143. The Morgan fingerprint density at radius 3 is 2.87 bits per heavy atom. The number of nitrogens with zero attached hydrogens (tertiary/aromatic N) is 2. The fourth-order valence-corrected chi connectivity index (χ4v) is 2.90. The maximum atomic E-state index is 5.69. The summed E-state index contributed by atoms with van der Waals surface area (Å²) in [4.78, 5) is 6.90. The lowest BCUT2D eigenvalue weighted by Gasteiger charge is -2.34. The molecule has 2 heterocycles. The van der Waals surface area contributed by atoms with Crippen molar-refractivity contribution in [1.82, 2.24) is 9.88 Å². The number of aromatic nitrogens is 1. The molecule has 0 aromatic carbocycles. The summed E-state index contributed by atoms with van der Waals surface area (Å²) in [5, 5.41) is 3.29. The van der Waals surface area contributed by atoms with E-state index in [4.69, 9.17) is 5.73 Å². The van der Waals surface area contributed by atoms with Crippen molar-refractivity contribution in [3.05, 3.63) is 16.6 Å². The first-order valence-electron chi connectivity index (χ1n) is 5.64. The minimum Gasteiger partial charge on any atom is -0.330 e. The monoisotopic (exact) mass is 225 g/mol. The van der Waals surface area contributed by atoms with Crippen LogP contribution in [-0.4, -0.2) is 29.5 Å². The van der Waals surface area contributed by atoms with E-state index < -0.39 is 0 Å². The smallest absolute Gasteiger partial charge is 0.109 e. The number of thiazole rings is 1. The Kier molecular flexibility index (Phi) is 3.72. The van der Waals surface area contributed by atoms with Crippen LogP contribution in [0.5, 0.6) is 0 Å². The molecule has 1 aromatic rings. The average Bonchev–Trinajstić information content (AvgIpc) is 2.82.